The molecule has 0 saturated carbocycles. The number of hydrogen-bond donors (Lipinski definition) is 0. The molecule has 3 unspecified atom stereocenters. The molecule has 120 valence electrons. The molecule has 0 bridgehead atoms. The summed E-state index contributed by atoms with van der Waals surface area (Å²) in [4.78, 5) is 0. The fourth-order valence-electron chi connectivity index (χ4n) is 1.94. The molecule has 0 aromatic heterocycles. The van der Waals surface area contributed by atoms with Gasteiger partial charge in [-0.15, -0.1) is 0 Å². The van der Waals surface area contributed by atoms with E-state index >= 15 is 0 Å². The molecule has 22 heavy (non-hydrogen) atoms. The van der Waals surface area contributed by atoms with Crippen molar-refractivity contribution >= 4 is 0 Å². The third kappa shape index (κ3) is 3.79. The summed E-state index contributed by atoms with van der Waals surface area (Å²) in [7, 11) is 0. The van der Waals surface area contributed by atoms with Crippen LogP contribution in [0.4, 0.5) is 4.39 Å². The van der Waals surface area contributed by atoms with Crippen LogP contribution in [0.2, 0.25) is 0 Å². The first-order valence-corrected chi connectivity index (χ1v) is 7.34. The zero-order chi connectivity index (χ0) is 14.9. The fourth-order valence-corrected chi connectivity index (χ4v) is 1.94. The molecule has 3 heterocycles. The molecule has 1 aromatic rings. The predicted molar refractivity (Wildman–Crippen MR) is 72.1 cm³/mol. The summed E-state index contributed by atoms with van der Waals surface area (Å²) in [6, 6.07) is 2.60. The number of rotatable bonds is 9. The largest absolute Gasteiger partial charge is 0.487 e. The number of epoxide rings is 3. The molecule has 0 N–H and O–H groups in total. The number of ether oxygens (including phenoxy) is 6. The monoisotopic (exact) mass is 312 g/mol. The van der Waals surface area contributed by atoms with Crippen LogP contribution in [-0.2, 0) is 14.2 Å². The standard InChI is InChI=1S/C15H17FO6/c16-9-1-13(20-6-10-3-17-10)15(22-8-12-5-19-12)14(2-9)21-7-11-4-18-11/h1-2,10-12H,3-8H2. The van der Waals surface area contributed by atoms with Gasteiger partial charge in [0.25, 0.3) is 0 Å². The van der Waals surface area contributed by atoms with E-state index in [-0.39, 0.29) is 18.3 Å². The first-order chi connectivity index (χ1) is 10.8. The van der Waals surface area contributed by atoms with E-state index in [4.69, 9.17) is 28.4 Å². The van der Waals surface area contributed by atoms with Crippen LogP contribution in [0.15, 0.2) is 12.1 Å². The zero-order valence-electron chi connectivity index (χ0n) is 12.0. The Morgan fingerprint density at radius 3 is 1.64 bits per heavy atom. The maximum atomic E-state index is 13.8. The number of halogens is 1. The molecule has 6 nitrogen and oxygen atoms in total. The lowest BCUT2D eigenvalue weighted by Gasteiger charge is -2.16. The Bertz CT molecular complexity index is 502. The topological polar surface area (TPSA) is 65.3 Å². The number of hydrogen-bond acceptors (Lipinski definition) is 6. The smallest absolute Gasteiger partial charge is 0.203 e. The van der Waals surface area contributed by atoms with Gasteiger partial charge in [0.05, 0.1) is 19.8 Å². The maximum absolute atomic E-state index is 13.8. The highest BCUT2D eigenvalue weighted by molar-refractivity contribution is 5.51. The molecule has 0 amide bonds. The van der Waals surface area contributed by atoms with E-state index in [9.17, 15) is 4.39 Å². The van der Waals surface area contributed by atoms with Crippen LogP contribution in [0.1, 0.15) is 0 Å². The Kier molecular flexibility index (Phi) is 3.77. The molecule has 3 atom stereocenters. The Morgan fingerprint density at radius 2 is 1.23 bits per heavy atom. The number of benzene rings is 1. The van der Waals surface area contributed by atoms with Gasteiger partial charge in [0.15, 0.2) is 11.5 Å². The van der Waals surface area contributed by atoms with Crippen molar-refractivity contribution in [1.29, 1.82) is 0 Å². The highest BCUT2D eigenvalue weighted by Gasteiger charge is 2.29. The summed E-state index contributed by atoms with van der Waals surface area (Å²) in [6.45, 7) is 3.14. The fraction of sp³-hybridized carbons (Fsp3) is 0.600. The van der Waals surface area contributed by atoms with Crippen LogP contribution in [0.3, 0.4) is 0 Å². The molecule has 0 aliphatic carbocycles. The molecule has 3 saturated heterocycles. The van der Waals surface area contributed by atoms with E-state index in [0.29, 0.717) is 56.9 Å². The molecule has 0 spiro atoms. The van der Waals surface area contributed by atoms with Crippen molar-refractivity contribution in [2.45, 2.75) is 18.3 Å². The Hall–Kier alpha value is -1.57. The van der Waals surface area contributed by atoms with Gasteiger partial charge in [-0.05, 0) is 0 Å². The van der Waals surface area contributed by atoms with Crippen LogP contribution in [-0.4, -0.2) is 58.0 Å². The van der Waals surface area contributed by atoms with Crippen LogP contribution >= 0.6 is 0 Å². The Balaban J connectivity index is 1.51. The molecular weight excluding hydrogens is 295 g/mol. The van der Waals surface area contributed by atoms with Gasteiger partial charge in [-0.3, -0.25) is 0 Å². The van der Waals surface area contributed by atoms with Crippen molar-refractivity contribution in [3.63, 3.8) is 0 Å². The van der Waals surface area contributed by atoms with Gasteiger partial charge in [-0.1, -0.05) is 0 Å². The van der Waals surface area contributed by atoms with Gasteiger partial charge in [0.1, 0.15) is 43.9 Å². The Morgan fingerprint density at radius 1 is 0.818 bits per heavy atom. The normalized spacial score (nSPS) is 28.1. The van der Waals surface area contributed by atoms with E-state index in [1.807, 2.05) is 0 Å². The summed E-state index contributed by atoms with van der Waals surface area (Å²) in [6.07, 6.45) is 0.239. The second kappa shape index (κ2) is 5.91. The van der Waals surface area contributed by atoms with Gasteiger partial charge in [-0.25, -0.2) is 4.39 Å². The molecule has 0 radical (unpaired) electrons. The summed E-state index contributed by atoms with van der Waals surface area (Å²) in [5, 5.41) is 0. The highest BCUT2D eigenvalue weighted by Crippen LogP contribution is 2.39. The van der Waals surface area contributed by atoms with Gasteiger partial charge in [-0.2, -0.15) is 0 Å². The van der Waals surface area contributed by atoms with E-state index in [1.165, 1.54) is 12.1 Å². The first-order valence-electron chi connectivity index (χ1n) is 7.34. The van der Waals surface area contributed by atoms with Gasteiger partial charge >= 0.3 is 0 Å². The van der Waals surface area contributed by atoms with Crippen molar-refractivity contribution < 1.29 is 32.8 Å². The average molecular weight is 312 g/mol. The lowest BCUT2D eigenvalue weighted by atomic mass is 10.2. The zero-order valence-corrected chi connectivity index (χ0v) is 12.0. The van der Waals surface area contributed by atoms with Crippen LogP contribution in [0.5, 0.6) is 17.2 Å². The molecule has 4 rings (SSSR count). The van der Waals surface area contributed by atoms with Crippen LogP contribution in [0.25, 0.3) is 0 Å². The van der Waals surface area contributed by atoms with Gasteiger partial charge < -0.3 is 28.4 Å². The molecular formula is C15H17FO6. The molecule has 3 aliphatic rings. The minimum absolute atomic E-state index is 0.0760. The third-order valence-electron chi connectivity index (χ3n) is 3.46. The van der Waals surface area contributed by atoms with Crippen LogP contribution < -0.4 is 14.2 Å². The summed E-state index contributed by atoms with van der Waals surface area (Å²) >= 11 is 0. The SMILES string of the molecule is Fc1cc(OCC2CO2)c(OCC2CO2)c(OCC2CO2)c1. The van der Waals surface area contributed by atoms with E-state index in [0.717, 1.165) is 0 Å². The third-order valence-corrected chi connectivity index (χ3v) is 3.46. The van der Waals surface area contributed by atoms with Gasteiger partial charge in [0.2, 0.25) is 5.75 Å². The highest BCUT2D eigenvalue weighted by atomic mass is 19.1. The minimum Gasteiger partial charge on any atom is -0.487 e. The van der Waals surface area contributed by atoms with E-state index in [2.05, 4.69) is 0 Å². The summed E-state index contributed by atoms with van der Waals surface area (Å²) in [5.74, 6) is 0.609. The van der Waals surface area contributed by atoms with Crippen molar-refractivity contribution in [1.82, 2.24) is 0 Å². The molecule has 3 fully saturated rings. The van der Waals surface area contributed by atoms with Gasteiger partial charge in [0, 0.05) is 12.1 Å². The second-order valence-electron chi connectivity index (χ2n) is 5.53. The van der Waals surface area contributed by atoms with E-state index < -0.39 is 5.82 Å². The first kappa shape index (κ1) is 14.0. The lowest BCUT2D eigenvalue weighted by molar-refractivity contribution is 0.207. The Labute approximate surface area is 127 Å². The molecule has 3 aliphatic heterocycles. The van der Waals surface area contributed by atoms with Crippen molar-refractivity contribution in [3.05, 3.63) is 17.9 Å². The van der Waals surface area contributed by atoms with E-state index in [1.54, 1.807) is 0 Å². The van der Waals surface area contributed by atoms with Crippen molar-refractivity contribution in [2.75, 3.05) is 39.6 Å². The molecule has 7 heteroatoms. The maximum Gasteiger partial charge on any atom is 0.203 e. The predicted octanol–water partition coefficient (Wildman–Crippen LogP) is 1.16. The second-order valence-corrected chi connectivity index (χ2v) is 5.53. The quantitative estimate of drug-likeness (QED) is 0.638. The summed E-state index contributed by atoms with van der Waals surface area (Å²) in [5.41, 5.74) is 0. The van der Waals surface area contributed by atoms with Crippen LogP contribution in [0, 0.1) is 5.82 Å². The van der Waals surface area contributed by atoms with Crippen molar-refractivity contribution in [2.24, 2.45) is 0 Å². The summed E-state index contributed by atoms with van der Waals surface area (Å²) < 4.78 is 46.1. The molecule has 1 aromatic carbocycles. The average Bonchev–Trinajstić information content (AvgIpc) is 3.38. The lowest BCUT2D eigenvalue weighted by Crippen LogP contribution is -2.12. The van der Waals surface area contributed by atoms with Crippen molar-refractivity contribution in [3.8, 4) is 17.2 Å². The minimum atomic E-state index is -0.437.